The molecule has 3 aliphatic rings. The maximum absolute atomic E-state index is 13.3. The van der Waals surface area contributed by atoms with E-state index in [1.54, 1.807) is 0 Å². The van der Waals surface area contributed by atoms with Crippen LogP contribution < -0.4 is 5.32 Å². The Morgan fingerprint density at radius 2 is 1.82 bits per heavy atom. The molecule has 0 radical (unpaired) electrons. The lowest BCUT2D eigenvalue weighted by atomic mass is 9.94. The molecular weight excluding hydrogens is 352 g/mol. The van der Waals surface area contributed by atoms with Gasteiger partial charge in [0.05, 0.1) is 24.2 Å². The third-order valence-electron chi connectivity index (χ3n) is 6.49. The molecule has 2 saturated carbocycles. The van der Waals surface area contributed by atoms with Crippen molar-refractivity contribution in [1.82, 2.24) is 20.0 Å². The van der Waals surface area contributed by atoms with Crippen LogP contribution in [0.3, 0.4) is 0 Å². The summed E-state index contributed by atoms with van der Waals surface area (Å²) < 4.78 is 1.88. The van der Waals surface area contributed by atoms with Crippen LogP contribution in [-0.2, 0) is 23.3 Å². The molecule has 0 spiro atoms. The molecule has 0 saturated heterocycles. The van der Waals surface area contributed by atoms with Gasteiger partial charge in [0.15, 0.2) is 5.69 Å². The summed E-state index contributed by atoms with van der Waals surface area (Å²) in [5, 5.41) is 7.59. The predicted octanol–water partition coefficient (Wildman–Crippen LogP) is 2.63. The van der Waals surface area contributed by atoms with Gasteiger partial charge >= 0.3 is 0 Å². The monoisotopic (exact) mass is 378 g/mol. The van der Waals surface area contributed by atoms with Gasteiger partial charge in [0.1, 0.15) is 0 Å². The third kappa shape index (κ3) is 3.01. The maximum Gasteiger partial charge on any atom is 0.272 e. The molecule has 0 bridgehead atoms. The van der Waals surface area contributed by atoms with E-state index in [0.29, 0.717) is 25.3 Å². The van der Waals surface area contributed by atoms with Gasteiger partial charge in [-0.3, -0.25) is 14.3 Å². The van der Waals surface area contributed by atoms with Crippen LogP contribution in [0.1, 0.15) is 60.3 Å². The van der Waals surface area contributed by atoms with Crippen LogP contribution >= 0.6 is 0 Å². The first kappa shape index (κ1) is 17.5. The Kier molecular flexibility index (Phi) is 4.22. The van der Waals surface area contributed by atoms with Crippen molar-refractivity contribution in [2.45, 2.75) is 63.1 Å². The van der Waals surface area contributed by atoms with Crippen molar-refractivity contribution in [2.75, 3.05) is 6.54 Å². The molecule has 2 aliphatic carbocycles. The number of amides is 2. The van der Waals surface area contributed by atoms with Gasteiger partial charge in [-0.15, -0.1) is 0 Å². The lowest BCUT2D eigenvalue weighted by molar-refractivity contribution is -0.135. The lowest BCUT2D eigenvalue weighted by Gasteiger charge is -2.31. The molecule has 6 nitrogen and oxygen atoms in total. The van der Waals surface area contributed by atoms with Crippen LogP contribution in [0.5, 0.6) is 0 Å². The molecule has 0 atom stereocenters. The number of benzene rings is 1. The zero-order valence-corrected chi connectivity index (χ0v) is 16.1. The number of hydrogen-bond donors (Lipinski definition) is 1. The van der Waals surface area contributed by atoms with Crippen LogP contribution in [0.15, 0.2) is 36.4 Å². The van der Waals surface area contributed by atoms with Crippen molar-refractivity contribution in [3.63, 3.8) is 0 Å². The number of carbonyl (C=O) groups is 2. The minimum Gasteiger partial charge on any atom is -0.348 e. The highest BCUT2D eigenvalue weighted by Gasteiger charge is 2.53. The smallest absolute Gasteiger partial charge is 0.272 e. The number of rotatable bonds is 4. The van der Waals surface area contributed by atoms with Crippen LogP contribution in [0.25, 0.3) is 0 Å². The highest BCUT2D eigenvalue weighted by molar-refractivity contribution is 5.93. The summed E-state index contributed by atoms with van der Waals surface area (Å²) in [4.78, 5) is 27.7. The second kappa shape index (κ2) is 6.76. The van der Waals surface area contributed by atoms with E-state index in [2.05, 4.69) is 22.5 Å². The normalized spacial score (nSPS) is 20.6. The maximum atomic E-state index is 13.3. The van der Waals surface area contributed by atoms with Crippen molar-refractivity contribution in [3.05, 3.63) is 53.3 Å². The van der Waals surface area contributed by atoms with E-state index < -0.39 is 0 Å². The molecular formula is C22H26N4O2. The Balaban J connectivity index is 1.30. The topological polar surface area (TPSA) is 67.2 Å². The minimum atomic E-state index is -0.341. The van der Waals surface area contributed by atoms with Crippen LogP contribution in [0, 0.1) is 0 Å². The van der Waals surface area contributed by atoms with E-state index in [1.165, 1.54) is 12.8 Å². The van der Waals surface area contributed by atoms with Crippen molar-refractivity contribution in [2.24, 2.45) is 0 Å². The predicted molar refractivity (Wildman–Crippen MR) is 105 cm³/mol. The first-order valence-corrected chi connectivity index (χ1v) is 10.4. The molecule has 2 amide bonds. The molecule has 0 unspecified atom stereocenters. The lowest BCUT2D eigenvalue weighted by Crippen LogP contribution is -2.43. The Morgan fingerprint density at radius 1 is 1.07 bits per heavy atom. The molecule has 6 heteroatoms. The summed E-state index contributed by atoms with van der Waals surface area (Å²) in [7, 11) is 0. The quantitative estimate of drug-likeness (QED) is 0.889. The number of nitrogens with zero attached hydrogens (tertiary/aromatic N) is 3. The van der Waals surface area contributed by atoms with Crippen molar-refractivity contribution in [1.29, 1.82) is 0 Å². The molecule has 5 rings (SSSR count). The van der Waals surface area contributed by atoms with Crippen molar-refractivity contribution in [3.8, 4) is 0 Å². The van der Waals surface area contributed by atoms with E-state index in [1.807, 2.05) is 33.8 Å². The van der Waals surface area contributed by atoms with Crippen molar-refractivity contribution >= 4 is 11.8 Å². The molecule has 1 aromatic heterocycles. The van der Waals surface area contributed by atoms with Crippen LogP contribution in [0.4, 0.5) is 0 Å². The number of nitrogens with one attached hydrogen (secondary N) is 1. The van der Waals surface area contributed by atoms with Gasteiger partial charge in [-0.2, -0.15) is 5.10 Å². The number of carbonyl (C=O) groups excluding carboxylic acids is 2. The Morgan fingerprint density at radius 3 is 2.54 bits per heavy atom. The highest BCUT2D eigenvalue weighted by atomic mass is 16.2. The van der Waals surface area contributed by atoms with Gasteiger partial charge < -0.3 is 10.2 Å². The third-order valence-corrected chi connectivity index (χ3v) is 6.49. The summed E-state index contributed by atoms with van der Waals surface area (Å²) in [6.45, 7) is 1.81. The van der Waals surface area contributed by atoms with Gasteiger partial charge in [-0.1, -0.05) is 43.2 Å². The molecule has 1 aromatic carbocycles. The molecule has 146 valence electrons. The average Bonchev–Trinajstić information content (AvgIpc) is 3.16. The second-order valence-corrected chi connectivity index (χ2v) is 8.37. The van der Waals surface area contributed by atoms with Gasteiger partial charge in [0.25, 0.3) is 5.91 Å². The van der Waals surface area contributed by atoms with E-state index in [9.17, 15) is 9.59 Å². The van der Waals surface area contributed by atoms with E-state index >= 15 is 0 Å². The number of aromatic nitrogens is 2. The van der Waals surface area contributed by atoms with Gasteiger partial charge in [0.2, 0.25) is 5.91 Å². The fourth-order valence-corrected chi connectivity index (χ4v) is 4.69. The molecule has 2 fully saturated rings. The molecule has 28 heavy (non-hydrogen) atoms. The Labute approximate surface area is 164 Å². The zero-order chi connectivity index (χ0) is 19.1. The first-order valence-electron chi connectivity index (χ1n) is 10.4. The standard InChI is InChI=1S/C22H26N4O2/c27-20(23-17-8-4-5-9-17)19-14-18-15-25(12-13-26(18)24-19)21(28)22(10-11-22)16-6-2-1-3-7-16/h1-3,6-7,14,17H,4-5,8-13,15H2,(H,23,27). The molecule has 1 N–H and O–H groups in total. The van der Waals surface area contributed by atoms with Crippen LogP contribution in [-0.4, -0.2) is 39.1 Å². The van der Waals surface area contributed by atoms with E-state index in [0.717, 1.165) is 36.9 Å². The summed E-state index contributed by atoms with van der Waals surface area (Å²) >= 11 is 0. The minimum absolute atomic E-state index is 0.0883. The van der Waals surface area contributed by atoms with E-state index in [-0.39, 0.29) is 23.3 Å². The molecule has 2 heterocycles. The van der Waals surface area contributed by atoms with Crippen LogP contribution in [0.2, 0.25) is 0 Å². The van der Waals surface area contributed by atoms with Crippen molar-refractivity contribution < 1.29 is 9.59 Å². The van der Waals surface area contributed by atoms with Gasteiger partial charge in [-0.25, -0.2) is 0 Å². The number of hydrogen-bond acceptors (Lipinski definition) is 3. The second-order valence-electron chi connectivity index (χ2n) is 8.37. The van der Waals surface area contributed by atoms with Gasteiger partial charge in [0, 0.05) is 12.6 Å². The Bertz CT molecular complexity index is 895. The fraction of sp³-hybridized carbons (Fsp3) is 0.500. The highest BCUT2D eigenvalue weighted by Crippen LogP contribution is 2.49. The summed E-state index contributed by atoms with van der Waals surface area (Å²) in [5.74, 6) is 0.123. The SMILES string of the molecule is O=C(NC1CCCC1)c1cc2n(n1)CCN(C(=O)C1(c3ccccc3)CC1)C2. The summed E-state index contributed by atoms with van der Waals surface area (Å²) in [6, 6.07) is 12.2. The molecule has 1 aliphatic heterocycles. The first-order chi connectivity index (χ1) is 13.7. The Hall–Kier alpha value is -2.63. The fourth-order valence-electron chi connectivity index (χ4n) is 4.69. The van der Waals surface area contributed by atoms with E-state index in [4.69, 9.17) is 0 Å². The average molecular weight is 378 g/mol. The number of fused-ring (bicyclic) bond motifs is 1. The summed E-state index contributed by atoms with van der Waals surface area (Å²) in [5.41, 5.74) is 2.20. The van der Waals surface area contributed by atoms with Gasteiger partial charge in [-0.05, 0) is 37.3 Å². The zero-order valence-electron chi connectivity index (χ0n) is 16.1. The molecule has 2 aromatic rings. The summed E-state index contributed by atoms with van der Waals surface area (Å²) in [6.07, 6.45) is 6.32. The largest absolute Gasteiger partial charge is 0.348 e.